The monoisotopic (exact) mass is 307 g/mol. The van der Waals surface area contributed by atoms with Gasteiger partial charge in [-0.2, -0.15) is 5.26 Å². The molecule has 1 saturated heterocycles. The molecule has 23 heavy (non-hydrogen) atoms. The summed E-state index contributed by atoms with van der Waals surface area (Å²) in [6, 6.07) is 6.34. The number of piperidine rings is 1. The van der Waals surface area contributed by atoms with Crippen LogP contribution in [0.5, 0.6) is 0 Å². The molecule has 4 rings (SSSR count). The summed E-state index contributed by atoms with van der Waals surface area (Å²) in [6.07, 6.45) is 9.63. The zero-order valence-electron chi connectivity index (χ0n) is 13.3. The lowest BCUT2D eigenvalue weighted by molar-refractivity contribution is 0.566. The number of rotatable bonds is 2. The Bertz CT molecular complexity index is 737. The van der Waals surface area contributed by atoms with Crippen LogP contribution in [0, 0.1) is 11.3 Å². The molecule has 2 aromatic heterocycles. The van der Waals surface area contributed by atoms with E-state index in [0.29, 0.717) is 0 Å². The fourth-order valence-electron chi connectivity index (χ4n) is 3.88. The molecule has 0 N–H and O–H groups in total. The summed E-state index contributed by atoms with van der Waals surface area (Å²) in [7, 11) is 0. The Labute approximate surface area is 136 Å². The van der Waals surface area contributed by atoms with Crippen molar-refractivity contribution in [2.24, 2.45) is 0 Å². The van der Waals surface area contributed by atoms with E-state index in [1.807, 2.05) is 12.1 Å². The fraction of sp³-hybridized carbons (Fsp3) is 0.474. The Morgan fingerprint density at radius 2 is 1.83 bits per heavy atom. The van der Waals surface area contributed by atoms with Crippen LogP contribution < -0.4 is 4.90 Å². The quantitative estimate of drug-likeness (QED) is 0.839. The molecule has 0 aromatic carbocycles. The van der Waals surface area contributed by atoms with Crippen molar-refractivity contribution >= 4 is 5.82 Å². The van der Waals surface area contributed by atoms with E-state index in [9.17, 15) is 5.26 Å². The number of fused-ring (bicyclic) bond motifs is 1. The lowest BCUT2D eigenvalue weighted by Crippen LogP contribution is -2.31. The van der Waals surface area contributed by atoms with Gasteiger partial charge in [0.1, 0.15) is 17.6 Å². The SMILES string of the molecule is N#Cc1c(N2CCCCC2)nc(-c2ccco2)c2c1CCCC2. The van der Waals surface area contributed by atoms with Crippen molar-refractivity contribution in [3.8, 4) is 17.5 Å². The van der Waals surface area contributed by atoms with E-state index in [2.05, 4.69) is 11.0 Å². The number of hydrogen-bond acceptors (Lipinski definition) is 4. The highest BCUT2D eigenvalue weighted by Crippen LogP contribution is 2.37. The molecular formula is C19H21N3O. The molecule has 4 heteroatoms. The lowest BCUT2D eigenvalue weighted by Gasteiger charge is -2.31. The van der Waals surface area contributed by atoms with Gasteiger partial charge in [-0.1, -0.05) is 0 Å². The third kappa shape index (κ3) is 2.50. The van der Waals surface area contributed by atoms with Gasteiger partial charge in [-0.25, -0.2) is 4.98 Å². The van der Waals surface area contributed by atoms with E-state index in [-0.39, 0.29) is 0 Å². The van der Waals surface area contributed by atoms with Gasteiger partial charge in [0, 0.05) is 13.1 Å². The van der Waals surface area contributed by atoms with Crippen molar-refractivity contribution < 1.29 is 4.42 Å². The zero-order valence-corrected chi connectivity index (χ0v) is 13.3. The smallest absolute Gasteiger partial charge is 0.152 e. The highest BCUT2D eigenvalue weighted by Gasteiger charge is 2.26. The topological polar surface area (TPSA) is 53.1 Å². The summed E-state index contributed by atoms with van der Waals surface area (Å²) in [5.41, 5.74) is 4.19. The lowest BCUT2D eigenvalue weighted by atomic mass is 9.87. The predicted octanol–water partition coefficient (Wildman–Crippen LogP) is 4.08. The highest BCUT2D eigenvalue weighted by atomic mass is 16.3. The number of aromatic nitrogens is 1. The molecule has 3 heterocycles. The van der Waals surface area contributed by atoms with Gasteiger partial charge in [0.15, 0.2) is 5.76 Å². The van der Waals surface area contributed by atoms with E-state index < -0.39 is 0 Å². The van der Waals surface area contributed by atoms with Crippen molar-refractivity contribution in [1.29, 1.82) is 5.26 Å². The number of hydrogen-bond donors (Lipinski definition) is 0. The summed E-state index contributed by atoms with van der Waals surface area (Å²) in [5, 5.41) is 9.79. The van der Waals surface area contributed by atoms with Crippen molar-refractivity contribution in [2.45, 2.75) is 44.9 Å². The van der Waals surface area contributed by atoms with E-state index in [1.54, 1.807) is 6.26 Å². The molecule has 1 fully saturated rings. The molecule has 0 radical (unpaired) electrons. The summed E-state index contributed by atoms with van der Waals surface area (Å²) in [4.78, 5) is 7.23. The molecular weight excluding hydrogens is 286 g/mol. The van der Waals surface area contributed by atoms with Gasteiger partial charge in [0.05, 0.1) is 11.8 Å². The van der Waals surface area contributed by atoms with Crippen molar-refractivity contribution in [2.75, 3.05) is 18.0 Å². The summed E-state index contributed by atoms with van der Waals surface area (Å²) < 4.78 is 5.64. The van der Waals surface area contributed by atoms with Crippen molar-refractivity contribution in [3.63, 3.8) is 0 Å². The summed E-state index contributed by atoms with van der Waals surface area (Å²) in [6.45, 7) is 2.00. The Kier molecular flexibility index (Phi) is 3.78. The van der Waals surface area contributed by atoms with Gasteiger partial charge >= 0.3 is 0 Å². The maximum absolute atomic E-state index is 9.79. The number of anilines is 1. The van der Waals surface area contributed by atoms with Gasteiger partial charge in [-0.05, 0) is 68.2 Å². The van der Waals surface area contributed by atoms with Crippen LogP contribution in [0.3, 0.4) is 0 Å². The minimum atomic E-state index is 0.803. The first-order valence-corrected chi connectivity index (χ1v) is 8.63. The first-order valence-electron chi connectivity index (χ1n) is 8.63. The first-order chi connectivity index (χ1) is 11.4. The average molecular weight is 307 g/mol. The Morgan fingerprint density at radius 3 is 2.52 bits per heavy atom. The molecule has 4 nitrogen and oxygen atoms in total. The van der Waals surface area contributed by atoms with E-state index in [1.165, 1.54) is 30.4 Å². The third-order valence-electron chi connectivity index (χ3n) is 5.02. The van der Waals surface area contributed by atoms with Gasteiger partial charge in [0.2, 0.25) is 0 Å². The van der Waals surface area contributed by atoms with Gasteiger partial charge in [-0.15, -0.1) is 0 Å². The number of nitriles is 1. The summed E-state index contributed by atoms with van der Waals surface area (Å²) >= 11 is 0. The molecule has 0 bridgehead atoms. The summed E-state index contributed by atoms with van der Waals surface area (Å²) in [5.74, 6) is 1.70. The molecule has 0 atom stereocenters. The fourth-order valence-corrected chi connectivity index (χ4v) is 3.88. The minimum Gasteiger partial charge on any atom is -0.463 e. The molecule has 2 aromatic rings. The molecule has 0 saturated carbocycles. The zero-order chi connectivity index (χ0) is 15.6. The predicted molar refractivity (Wildman–Crippen MR) is 89.4 cm³/mol. The molecule has 1 aliphatic heterocycles. The largest absolute Gasteiger partial charge is 0.463 e. The van der Waals surface area contributed by atoms with Gasteiger partial charge < -0.3 is 9.32 Å². The second-order valence-corrected chi connectivity index (χ2v) is 6.46. The molecule has 1 aliphatic carbocycles. The van der Waals surface area contributed by atoms with E-state index in [4.69, 9.17) is 9.40 Å². The maximum atomic E-state index is 9.79. The standard InChI is InChI=1S/C19H21N3O/c20-13-16-14-7-2-3-8-15(14)18(17-9-6-12-23-17)21-19(16)22-10-4-1-5-11-22/h6,9,12H,1-5,7-8,10-11H2. The molecule has 118 valence electrons. The molecule has 2 aliphatic rings. The van der Waals surface area contributed by atoms with Crippen LogP contribution in [0.15, 0.2) is 22.8 Å². The third-order valence-corrected chi connectivity index (χ3v) is 5.02. The second kappa shape index (κ2) is 6.08. The molecule has 0 unspecified atom stereocenters. The first kappa shape index (κ1) is 14.3. The van der Waals surface area contributed by atoms with Crippen LogP contribution in [0.2, 0.25) is 0 Å². The Balaban J connectivity index is 1.91. The van der Waals surface area contributed by atoms with Crippen LogP contribution in [-0.4, -0.2) is 18.1 Å². The second-order valence-electron chi connectivity index (χ2n) is 6.46. The van der Waals surface area contributed by atoms with Crippen LogP contribution in [0.25, 0.3) is 11.5 Å². The van der Waals surface area contributed by atoms with Crippen LogP contribution in [0.4, 0.5) is 5.82 Å². The maximum Gasteiger partial charge on any atom is 0.152 e. The Morgan fingerprint density at radius 1 is 1.04 bits per heavy atom. The van der Waals surface area contributed by atoms with Crippen LogP contribution >= 0.6 is 0 Å². The normalized spacial score (nSPS) is 17.6. The highest BCUT2D eigenvalue weighted by molar-refractivity contribution is 5.70. The Hall–Kier alpha value is -2.28. The average Bonchev–Trinajstić information content (AvgIpc) is 3.15. The van der Waals surface area contributed by atoms with Gasteiger partial charge in [-0.3, -0.25) is 0 Å². The van der Waals surface area contributed by atoms with E-state index >= 15 is 0 Å². The number of nitrogens with zero attached hydrogens (tertiary/aromatic N) is 3. The van der Waals surface area contributed by atoms with E-state index in [0.717, 1.165) is 61.6 Å². The minimum absolute atomic E-state index is 0.803. The number of pyridine rings is 1. The van der Waals surface area contributed by atoms with Crippen LogP contribution in [0.1, 0.15) is 48.8 Å². The van der Waals surface area contributed by atoms with Crippen molar-refractivity contribution in [3.05, 3.63) is 35.1 Å². The van der Waals surface area contributed by atoms with Crippen LogP contribution in [-0.2, 0) is 12.8 Å². The molecule has 0 spiro atoms. The molecule has 0 amide bonds. The van der Waals surface area contributed by atoms with Crippen molar-refractivity contribution in [1.82, 2.24) is 4.98 Å². The number of furan rings is 1. The van der Waals surface area contributed by atoms with Gasteiger partial charge in [0.25, 0.3) is 0 Å².